The van der Waals surface area contributed by atoms with E-state index < -0.39 is 15.8 Å². The molecule has 3 rings (SSSR count). The molecule has 0 spiro atoms. The van der Waals surface area contributed by atoms with Gasteiger partial charge in [0.1, 0.15) is 5.56 Å². The highest BCUT2D eigenvalue weighted by Gasteiger charge is 2.33. The second-order valence-electron chi connectivity index (χ2n) is 6.38. The van der Waals surface area contributed by atoms with E-state index in [-0.39, 0.29) is 29.0 Å². The zero-order valence-electron chi connectivity index (χ0n) is 14.4. The molecule has 9 heteroatoms. The Morgan fingerprint density at radius 2 is 1.92 bits per heavy atom. The molecule has 2 heterocycles. The van der Waals surface area contributed by atoms with E-state index in [2.05, 4.69) is 5.10 Å². The minimum atomic E-state index is -3.06. The number of carbonyl (C=O) groups is 2. The molecule has 26 heavy (non-hydrogen) atoms. The first kappa shape index (κ1) is 18.1. The van der Waals surface area contributed by atoms with Gasteiger partial charge in [-0.05, 0) is 37.6 Å². The maximum absolute atomic E-state index is 12.6. The van der Waals surface area contributed by atoms with E-state index in [1.165, 1.54) is 15.8 Å². The third-order valence-corrected chi connectivity index (χ3v) is 6.43. The van der Waals surface area contributed by atoms with Crippen molar-refractivity contribution < 1.29 is 23.1 Å². The Balaban J connectivity index is 1.79. The zero-order valence-corrected chi connectivity index (χ0v) is 15.2. The Labute approximate surface area is 151 Å². The molecular formula is C17H19N3O5S. The molecule has 0 radical (unpaired) electrons. The summed E-state index contributed by atoms with van der Waals surface area (Å²) in [6.45, 7) is 1.66. The summed E-state index contributed by atoms with van der Waals surface area (Å²) >= 11 is 0. The van der Waals surface area contributed by atoms with Gasteiger partial charge in [0.05, 0.1) is 29.1 Å². The normalized spacial score (nSPS) is 18.6. The van der Waals surface area contributed by atoms with E-state index in [1.807, 2.05) is 0 Å². The van der Waals surface area contributed by atoms with Crippen molar-refractivity contribution in [2.75, 3.05) is 18.6 Å². The third kappa shape index (κ3) is 3.34. The number of hydrogen-bond acceptors (Lipinski definition) is 5. The van der Waals surface area contributed by atoms with Crippen molar-refractivity contribution in [1.82, 2.24) is 14.7 Å². The van der Waals surface area contributed by atoms with Crippen molar-refractivity contribution in [3.8, 4) is 5.69 Å². The highest BCUT2D eigenvalue weighted by molar-refractivity contribution is 7.91. The lowest BCUT2D eigenvalue weighted by atomic mass is 10.1. The summed E-state index contributed by atoms with van der Waals surface area (Å²) in [5.74, 6) is -1.19. The van der Waals surface area contributed by atoms with E-state index in [0.717, 1.165) is 0 Å². The molecule has 0 saturated carbocycles. The van der Waals surface area contributed by atoms with E-state index in [0.29, 0.717) is 23.4 Å². The molecule has 1 aliphatic heterocycles. The molecule has 1 atom stereocenters. The summed E-state index contributed by atoms with van der Waals surface area (Å²) < 4.78 is 24.7. The van der Waals surface area contributed by atoms with Crippen LogP contribution in [0.5, 0.6) is 0 Å². The number of rotatable bonds is 4. The summed E-state index contributed by atoms with van der Waals surface area (Å²) in [7, 11) is -1.45. The molecule has 0 aliphatic carbocycles. The minimum absolute atomic E-state index is 0.00221. The lowest BCUT2D eigenvalue weighted by Crippen LogP contribution is -2.37. The molecule has 2 aromatic rings. The Hall–Kier alpha value is -2.68. The number of aromatic carboxylic acids is 1. The van der Waals surface area contributed by atoms with Crippen LogP contribution in [0.15, 0.2) is 30.5 Å². The predicted molar refractivity (Wildman–Crippen MR) is 94.4 cm³/mol. The van der Waals surface area contributed by atoms with Gasteiger partial charge in [-0.3, -0.25) is 4.79 Å². The Morgan fingerprint density at radius 3 is 2.42 bits per heavy atom. The number of carboxylic acids is 1. The molecule has 1 saturated heterocycles. The SMILES string of the molecule is Cc1c(C(=O)O)cnn1-c1ccc(C(=O)N(C)[C@@H]2CCS(=O)(=O)C2)cc1. The van der Waals surface area contributed by atoms with Crippen molar-refractivity contribution in [3.63, 3.8) is 0 Å². The van der Waals surface area contributed by atoms with Gasteiger partial charge in [-0.1, -0.05) is 0 Å². The molecule has 138 valence electrons. The van der Waals surface area contributed by atoms with Crippen LogP contribution in [0.1, 0.15) is 32.8 Å². The molecule has 0 bridgehead atoms. The molecule has 1 fully saturated rings. The van der Waals surface area contributed by atoms with Gasteiger partial charge < -0.3 is 10.0 Å². The molecule has 1 amide bonds. The first-order valence-electron chi connectivity index (χ1n) is 8.05. The molecular weight excluding hydrogens is 358 g/mol. The average molecular weight is 377 g/mol. The smallest absolute Gasteiger partial charge is 0.339 e. The number of aromatic nitrogens is 2. The molecule has 1 aromatic carbocycles. The Bertz CT molecular complexity index is 963. The van der Waals surface area contributed by atoms with Crippen LogP contribution in [-0.2, 0) is 9.84 Å². The van der Waals surface area contributed by atoms with Crippen LogP contribution in [0.3, 0.4) is 0 Å². The Morgan fingerprint density at radius 1 is 1.27 bits per heavy atom. The van der Waals surface area contributed by atoms with Gasteiger partial charge in [-0.2, -0.15) is 5.10 Å². The molecule has 8 nitrogen and oxygen atoms in total. The van der Waals surface area contributed by atoms with Gasteiger partial charge in [0.2, 0.25) is 0 Å². The van der Waals surface area contributed by atoms with E-state index in [4.69, 9.17) is 5.11 Å². The first-order valence-corrected chi connectivity index (χ1v) is 9.87. The second-order valence-corrected chi connectivity index (χ2v) is 8.61. The number of carbonyl (C=O) groups excluding carboxylic acids is 1. The van der Waals surface area contributed by atoms with Gasteiger partial charge in [0, 0.05) is 18.7 Å². The van der Waals surface area contributed by atoms with Crippen LogP contribution in [0.2, 0.25) is 0 Å². The van der Waals surface area contributed by atoms with E-state index >= 15 is 0 Å². The van der Waals surface area contributed by atoms with Gasteiger partial charge in [-0.25, -0.2) is 17.9 Å². The van der Waals surface area contributed by atoms with Crippen LogP contribution in [0.4, 0.5) is 0 Å². The van der Waals surface area contributed by atoms with Crippen LogP contribution >= 0.6 is 0 Å². The van der Waals surface area contributed by atoms with Gasteiger partial charge in [0.15, 0.2) is 9.84 Å². The standard InChI is InChI=1S/C17H19N3O5S/c1-11-15(17(22)23)9-18-20(11)13-5-3-12(4-6-13)16(21)19(2)14-7-8-26(24,25)10-14/h3-6,9,14H,7-8,10H2,1-2H3,(H,22,23)/t14-/m1/s1. The van der Waals surface area contributed by atoms with Crippen LogP contribution in [0, 0.1) is 6.92 Å². The van der Waals surface area contributed by atoms with Gasteiger partial charge >= 0.3 is 5.97 Å². The van der Waals surface area contributed by atoms with Crippen molar-refractivity contribution in [2.24, 2.45) is 0 Å². The maximum Gasteiger partial charge on any atom is 0.339 e. The van der Waals surface area contributed by atoms with Gasteiger partial charge in [0.25, 0.3) is 5.91 Å². The number of carboxylic acid groups (broad SMARTS) is 1. The summed E-state index contributed by atoms with van der Waals surface area (Å²) in [5, 5.41) is 13.2. The minimum Gasteiger partial charge on any atom is -0.478 e. The third-order valence-electron chi connectivity index (χ3n) is 4.68. The largest absolute Gasteiger partial charge is 0.478 e. The number of benzene rings is 1. The van der Waals surface area contributed by atoms with Crippen molar-refractivity contribution in [3.05, 3.63) is 47.3 Å². The zero-order chi connectivity index (χ0) is 19.1. The average Bonchev–Trinajstić information content (AvgIpc) is 3.16. The summed E-state index contributed by atoms with van der Waals surface area (Å²) in [6.07, 6.45) is 1.73. The van der Waals surface area contributed by atoms with E-state index in [1.54, 1.807) is 38.2 Å². The quantitative estimate of drug-likeness (QED) is 0.856. The monoisotopic (exact) mass is 377 g/mol. The summed E-state index contributed by atoms with van der Waals surface area (Å²) in [6, 6.07) is 6.30. The fourth-order valence-electron chi connectivity index (χ4n) is 3.08. The molecule has 1 aliphatic rings. The molecule has 1 aromatic heterocycles. The number of hydrogen-bond donors (Lipinski definition) is 1. The van der Waals surface area contributed by atoms with E-state index in [9.17, 15) is 18.0 Å². The van der Waals surface area contributed by atoms with Gasteiger partial charge in [-0.15, -0.1) is 0 Å². The summed E-state index contributed by atoms with van der Waals surface area (Å²) in [4.78, 5) is 25.2. The fourth-order valence-corrected chi connectivity index (χ4v) is 4.85. The second kappa shape index (κ2) is 6.56. The fraction of sp³-hybridized carbons (Fsp3) is 0.353. The molecule has 0 unspecified atom stereocenters. The van der Waals surface area contributed by atoms with Crippen molar-refractivity contribution >= 4 is 21.7 Å². The highest BCUT2D eigenvalue weighted by atomic mass is 32.2. The van der Waals surface area contributed by atoms with Crippen molar-refractivity contribution in [2.45, 2.75) is 19.4 Å². The molecule has 1 N–H and O–H groups in total. The van der Waals surface area contributed by atoms with Crippen LogP contribution < -0.4 is 0 Å². The Kier molecular flexibility index (Phi) is 4.57. The topological polar surface area (TPSA) is 110 Å². The number of nitrogens with zero attached hydrogens (tertiary/aromatic N) is 3. The van der Waals surface area contributed by atoms with Crippen LogP contribution in [-0.4, -0.2) is 64.7 Å². The lowest BCUT2D eigenvalue weighted by molar-refractivity contribution is 0.0694. The van der Waals surface area contributed by atoms with Crippen LogP contribution in [0.25, 0.3) is 5.69 Å². The summed E-state index contributed by atoms with van der Waals surface area (Å²) in [5.41, 5.74) is 1.68. The lowest BCUT2D eigenvalue weighted by Gasteiger charge is -2.23. The number of sulfone groups is 1. The maximum atomic E-state index is 12.6. The number of amides is 1. The van der Waals surface area contributed by atoms with Crippen molar-refractivity contribution in [1.29, 1.82) is 0 Å². The predicted octanol–water partition coefficient (Wildman–Crippen LogP) is 1.14. The highest BCUT2D eigenvalue weighted by Crippen LogP contribution is 2.20. The first-order chi connectivity index (χ1) is 12.2.